The predicted octanol–water partition coefficient (Wildman–Crippen LogP) is 8.58. The lowest BCUT2D eigenvalue weighted by atomic mass is 9.75. The van der Waals surface area contributed by atoms with Gasteiger partial charge >= 0.3 is 0 Å². The molecule has 0 fully saturated rings. The van der Waals surface area contributed by atoms with Gasteiger partial charge in [-0.25, -0.2) is 0 Å². The molecular weight excluding hydrogens is 452 g/mol. The van der Waals surface area contributed by atoms with Gasteiger partial charge in [-0.15, -0.1) is 0 Å². The molecule has 174 valence electrons. The number of rotatable bonds is 10. The number of benzene rings is 4. The Kier molecular flexibility index (Phi) is 8.42. The summed E-state index contributed by atoms with van der Waals surface area (Å²) in [4.78, 5) is 0. The zero-order valence-corrected chi connectivity index (χ0v) is 21.5. The minimum absolute atomic E-state index is 0.288. The predicted molar refractivity (Wildman–Crippen MR) is 150 cm³/mol. The van der Waals surface area contributed by atoms with Crippen LogP contribution in [0.5, 0.6) is 5.75 Å². The molecule has 0 saturated carbocycles. The van der Waals surface area contributed by atoms with Gasteiger partial charge in [-0.05, 0) is 33.9 Å². The van der Waals surface area contributed by atoms with Crippen molar-refractivity contribution in [2.45, 2.75) is 42.3 Å². The molecule has 1 nitrogen and oxygen atoms in total. The fraction of sp³-hybridized carbons (Fsp3) is 0.226. The molecule has 0 aliphatic heterocycles. The SMILES string of the molecule is CC(C)(c1ccccc1O)c1ccc(CSCc2ccccc2)cc1CSCc1ccccc1. The minimum atomic E-state index is -0.288. The monoisotopic (exact) mass is 484 g/mol. The van der Waals surface area contributed by atoms with Crippen LogP contribution in [0.4, 0.5) is 0 Å². The number of hydrogen-bond donors (Lipinski definition) is 1. The highest BCUT2D eigenvalue weighted by Gasteiger charge is 2.28. The number of phenolic OH excluding ortho intramolecular Hbond substituents is 1. The molecule has 0 atom stereocenters. The van der Waals surface area contributed by atoms with Gasteiger partial charge in [-0.3, -0.25) is 0 Å². The summed E-state index contributed by atoms with van der Waals surface area (Å²) >= 11 is 3.90. The van der Waals surface area contributed by atoms with Gasteiger partial charge in [0.05, 0.1) is 0 Å². The molecular formula is C31H32OS2. The van der Waals surface area contributed by atoms with Gasteiger partial charge in [0.15, 0.2) is 0 Å². The number of phenols is 1. The number of hydrogen-bond acceptors (Lipinski definition) is 3. The molecule has 0 saturated heterocycles. The molecule has 0 aliphatic rings. The maximum Gasteiger partial charge on any atom is 0.119 e. The molecule has 3 heteroatoms. The first-order valence-corrected chi connectivity index (χ1v) is 14.0. The van der Waals surface area contributed by atoms with E-state index < -0.39 is 0 Å². The summed E-state index contributed by atoms with van der Waals surface area (Å²) in [6.45, 7) is 4.43. The second-order valence-electron chi connectivity index (χ2n) is 9.09. The Labute approximate surface area is 212 Å². The Hall–Kier alpha value is -2.62. The number of aromatic hydroxyl groups is 1. The van der Waals surface area contributed by atoms with Gasteiger partial charge in [-0.2, -0.15) is 23.5 Å². The van der Waals surface area contributed by atoms with Gasteiger partial charge in [0.1, 0.15) is 5.75 Å². The van der Waals surface area contributed by atoms with Crippen LogP contribution in [0.3, 0.4) is 0 Å². The maximum absolute atomic E-state index is 10.6. The Balaban J connectivity index is 1.55. The highest BCUT2D eigenvalue weighted by atomic mass is 32.2. The lowest BCUT2D eigenvalue weighted by molar-refractivity contribution is 0.453. The quantitative estimate of drug-likeness (QED) is 0.243. The van der Waals surface area contributed by atoms with Crippen molar-refractivity contribution in [2.75, 3.05) is 0 Å². The van der Waals surface area contributed by atoms with Crippen LogP contribution in [0.1, 0.15) is 47.2 Å². The molecule has 4 aromatic rings. The molecule has 4 rings (SSSR count). The summed E-state index contributed by atoms with van der Waals surface area (Å²) in [6.07, 6.45) is 0. The van der Waals surface area contributed by atoms with Crippen LogP contribution in [0.2, 0.25) is 0 Å². The van der Waals surface area contributed by atoms with E-state index in [2.05, 4.69) is 92.7 Å². The second kappa shape index (κ2) is 11.7. The molecule has 4 aromatic carbocycles. The van der Waals surface area contributed by atoms with E-state index in [0.717, 1.165) is 28.6 Å². The largest absolute Gasteiger partial charge is 0.508 e. The van der Waals surface area contributed by atoms with Crippen molar-refractivity contribution < 1.29 is 5.11 Å². The lowest BCUT2D eigenvalue weighted by Crippen LogP contribution is -2.21. The van der Waals surface area contributed by atoms with Gasteiger partial charge in [-0.1, -0.05) is 111 Å². The van der Waals surface area contributed by atoms with Crippen LogP contribution in [-0.4, -0.2) is 5.11 Å². The summed E-state index contributed by atoms with van der Waals surface area (Å²) in [7, 11) is 0. The Morgan fingerprint density at radius 3 is 1.71 bits per heavy atom. The highest BCUT2D eigenvalue weighted by molar-refractivity contribution is 7.98. The van der Waals surface area contributed by atoms with E-state index in [0.29, 0.717) is 5.75 Å². The highest BCUT2D eigenvalue weighted by Crippen LogP contribution is 2.40. The van der Waals surface area contributed by atoms with Crippen molar-refractivity contribution in [3.05, 3.63) is 137 Å². The normalized spacial score (nSPS) is 11.5. The van der Waals surface area contributed by atoms with Gasteiger partial charge < -0.3 is 5.11 Å². The van der Waals surface area contributed by atoms with Crippen LogP contribution in [0.15, 0.2) is 103 Å². The summed E-state index contributed by atoms with van der Waals surface area (Å²) in [5.41, 5.74) is 7.39. The standard InChI is InChI=1S/C31H32OS2/c1-31(2,29-15-9-10-16-30(29)32)28-18-17-26(22-33-20-24-11-5-3-6-12-24)19-27(28)23-34-21-25-13-7-4-8-14-25/h3-19,32H,20-23H2,1-2H3. The van der Waals surface area contributed by atoms with E-state index in [1.54, 1.807) is 6.07 Å². The van der Waals surface area contributed by atoms with E-state index in [4.69, 9.17) is 0 Å². The smallest absolute Gasteiger partial charge is 0.119 e. The van der Waals surface area contributed by atoms with Crippen molar-refractivity contribution in [1.29, 1.82) is 0 Å². The summed E-state index contributed by atoms with van der Waals surface area (Å²) in [5.74, 6) is 4.30. The second-order valence-corrected chi connectivity index (χ2v) is 11.1. The van der Waals surface area contributed by atoms with Crippen molar-refractivity contribution in [3.63, 3.8) is 0 Å². The first-order valence-electron chi connectivity index (χ1n) is 11.7. The third-order valence-corrected chi connectivity index (χ3v) is 8.30. The van der Waals surface area contributed by atoms with E-state index in [1.165, 1.54) is 27.8 Å². The van der Waals surface area contributed by atoms with E-state index in [1.807, 2.05) is 41.7 Å². The van der Waals surface area contributed by atoms with Crippen LogP contribution < -0.4 is 0 Å². The fourth-order valence-electron chi connectivity index (χ4n) is 4.33. The molecule has 0 aliphatic carbocycles. The van der Waals surface area contributed by atoms with E-state index >= 15 is 0 Å². The topological polar surface area (TPSA) is 20.2 Å². The van der Waals surface area contributed by atoms with Crippen molar-refractivity contribution in [1.82, 2.24) is 0 Å². The van der Waals surface area contributed by atoms with Crippen LogP contribution in [-0.2, 0) is 28.4 Å². The molecule has 0 bridgehead atoms. The molecule has 0 heterocycles. The first kappa shape index (κ1) is 24.5. The van der Waals surface area contributed by atoms with Gasteiger partial charge in [0.2, 0.25) is 0 Å². The van der Waals surface area contributed by atoms with Crippen LogP contribution in [0.25, 0.3) is 0 Å². The molecule has 0 radical (unpaired) electrons. The summed E-state index contributed by atoms with van der Waals surface area (Å²) in [5, 5.41) is 10.6. The molecule has 0 amide bonds. The first-order chi connectivity index (χ1) is 16.5. The van der Waals surface area contributed by atoms with E-state index in [9.17, 15) is 5.11 Å². The summed E-state index contributed by atoms with van der Waals surface area (Å²) < 4.78 is 0. The average Bonchev–Trinajstić information content (AvgIpc) is 2.85. The number of thioether (sulfide) groups is 2. The van der Waals surface area contributed by atoms with E-state index in [-0.39, 0.29) is 5.41 Å². The molecule has 34 heavy (non-hydrogen) atoms. The Morgan fingerprint density at radius 1 is 0.559 bits per heavy atom. The average molecular weight is 485 g/mol. The van der Waals surface area contributed by atoms with Crippen LogP contribution >= 0.6 is 23.5 Å². The van der Waals surface area contributed by atoms with Gasteiger partial charge in [0, 0.05) is 34.0 Å². The van der Waals surface area contributed by atoms with Crippen molar-refractivity contribution in [2.24, 2.45) is 0 Å². The Morgan fingerprint density at radius 2 is 1.09 bits per heavy atom. The molecule has 0 spiro atoms. The van der Waals surface area contributed by atoms with Crippen LogP contribution in [0, 0.1) is 0 Å². The maximum atomic E-state index is 10.6. The lowest BCUT2D eigenvalue weighted by Gasteiger charge is -2.29. The van der Waals surface area contributed by atoms with Gasteiger partial charge in [0.25, 0.3) is 0 Å². The molecule has 1 N–H and O–H groups in total. The number of para-hydroxylation sites is 1. The summed E-state index contributed by atoms with van der Waals surface area (Å²) in [6, 6.07) is 36.0. The molecule has 0 unspecified atom stereocenters. The molecule has 0 aromatic heterocycles. The zero-order chi connectivity index (χ0) is 23.8. The Bertz CT molecular complexity index is 1190. The minimum Gasteiger partial charge on any atom is -0.508 e. The third kappa shape index (κ3) is 6.28. The fourth-order valence-corrected chi connectivity index (χ4v) is 6.26. The zero-order valence-electron chi connectivity index (χ0n) is 19.9. The van der Waals surface area contributed by atoms with Crippen molar-refractivity contribution >= 4 is 23.5 Å². The van der Waals surface area contributed by atoms with Crippen molar-refractivity contribution in [3.8, 4) is 5.75 Å². The third-order valence-electron chi connectivity index (χ3n) is 6.17.